The number of furan rings is 1. The van der Waals surface area contributed by atoms with E-state index in [9.17, 15) is 0 Å². The Bertz CT molecular complexity index is 2900. The highest BCUT2D eigenvalue weighted by Gasteiger charge is 2.33. The van der Waals surface area contributed by atoms with Crippen LogP contribution in [0.4, 0.5) is 0 Å². The Morgan fingerprint density at radius 1 is 0.491 bits per heavy atom. The second-order valence-corrected chi connectivity index (χ2v) is 13.9. The van der Waals surface area contributed by atoms with Crippen LogP contribution in [0.1, 0.15) is 28.7 Å². The Morgan fingerprint density at radius 2 is 1.13 bits per heavy atom. The number of allylic oxidation sites excluding steroid dienone is 4. The van der Waals surface area contributed by atoms with Gasteiger partial charge in [0.2, 0.25) is 0 Å². The molecule has 248 valence electrons. The standard InChI is InChI=1S/C49H31N3O/c1-3-14-30(15-4-1)42-29-43(52-49(51-42)31-16-5-2-6-17-31)38-23-13-24-41-45(38)48-46(39-22-11-12-25-44(39)53-48)47(50-41)32-26-27-37-35-20-8-7-18-33(35)34-19-9-10-21-36(34)40(37)28-32/h1-29,37,40H. The van der Waals surface area contributed by atoms with Crippen LogP contribution < -0.4 is 0 Å². The lowest BCUT2D eigenvalue weighted by Crippen LogP contribution is -2.17. The average molecular weight is 678 g/mol. The molecule has 2 aliphatic rings. The van der Waals surface area contributed by atoms with E-state index >= 15 is 0 Å². The van der Waals surface area contributed by atoms with Gasteiger partial charge in [-0.15, -0.1) is 0 Å². The Hall–Kier alpha value is -6.91. The Morgan fingerprint density at radius 3 is 1.92 bits per heavy atom. The highest BCUT2D eigenvalue weighted by Crippen LogP contribution is 2.52. The van der Waals surface area contributed by atoms with Crippen molar-refractivity contribution >= 4 is 38.4 Å². The van der Waals surface area contributed by atoms with E-state index in [1.54, 1.807) is 0 Å². The van der Waals surface area contributed by atoms with Crippen molar-refractivity contribution in [1.82, 2.24) is 15.0 Å². The van der Waals surface area contributed by atoms with Gasteiger partial charge < -0.3 is 4.42 Å². The maximum Gasteiger partial charge on any atom is 0.160 e. The molecule has 2 unspecified atom stereocenters. The third-order valence-corrected chi connectivity index (χ3v) is 10.9. The molecule has 0 amide bonds. The van der Waals surface area contributed by atoms with Crippen LogP contribution in [-0.2, 0) is 0 Å². The van der Waals surface area contributed by atoms with Crippen LogP contribution in [0.5, 0.6) is 0 Å². The first-order chi connectivity index (χ1) is 26.3. The summed E-state index contributed by atoms with van der Waals surface area (Å²) in [5.41, 5.74) is 14.5. The predicted molar refractivity (Wildman–Crippen MR) is 215 cm³/mol. The highest BCUT2D eigenvalue weighted by atomic mass is 16.3. The minimum atomic E-state index is 0.187. The average Bonchev–Trinajstić information content (AvgIpc) is 3.63. The first-order valence-corrected chi connectivity index (χ1v) is 18.1. The van der Waals surface area contributed by atoms with Crippen molar-refractivity contribution < 1.29 is 4.42 Å². The van der Waals surface area contributed by atoms with Gasteiger partial charge in [0.25, 0.3) is 0 Å². The van der Waals surface area contributed by atoms with E-state index in [4.69, 9.17) is 19.4 Å². The van der Waals surface area contributed by atoms with Gasteiger partial charge in [0, 0.05) is 33.9 Å². The molecule has 0 fully saturated rings. The normalized spacial score (nSPS) is 16.0. The maximum absolute atomic E-state index is 6.86. The fourth-order valence-electron chi connectivity index (χ4n) is 8.47. The number of para-hydroxylation sites is 1. The second-order valence-electron chi connectivity index (χ2n) is 13.9. The molecule has 0 bridgehead atoms. The van der Waals surface area contributed by atoms with Crippen LogP contribution in [0, 0.1) is 0 Å². The molecule has 4 nitrogen and oxygen atoms in total. The van der Waals surface area contributed by atoms with Gasteiger partial charge in [0.1, 0.15) is 11.2 Å². The van der Waals surface area contributed by atoms with Crippen molar-refractivity contribution in [3.05, 3.63) is 193 Å². The second kappa shape index (κ2) is 11.8. The van der Waals surface area contributed by atoms with Crippen molar-refractivity contribution in [3.8, 4) is 45.0 Å². The Labute approximate surface area is 306 Å². The van der Waals surface area contributed by atoms with Crippen LogP contribution in [0.15, 0.2) is 180 Å². The number of fused-ring (bicyclic) bond motifs is 11. The molecule has 0 saturated carbocycles. The smallest absolute Gasteiger partial charge is 0.160 e. The van der Waals surface area contributed by atoms with E-state index in [-0.39, 0.29) is 11.8 Å². The zero-order chi connectivity index (χ0) is 34.9. The van der Waals surface area contributed by atoms with Gasteiger partial charge in [-0.3, -0.25) is 0 Å². The van der Waals surface area contributed by atoms with E-state index in [1.165, 1.54) is 22.3 Å². The molecule has 0 N–H and O–H groups in total. The van der Waals surface area contributed by atoms with E-state index in [2.05, 4.69) is 133 Å². The monoisotopic (exact) mass is 677 g/mol. The number of pyridine rings is 1. The number of rotatable bonds is 4. The summed E-state index contributed by atoms with van der Waals surface area (Å²) in [6, 6.07) is 54.8. The number of hydrogen-bond acceptors (Lipinski definition) is 4. The number of benzene rings is 6. The van der Waals surface area contributed by atoms with Crippen molar-refractivity contribution in [2.24, 2.45) is 0 Å². The molecule has 3 aromatic heterocycles. The summed E-state index contributed by atoms with van der Waals surface area (Å²) in [4.78, 5) is 15.8. The number of hydrogen-bond donors (Lipinski definition) is 0. The molecule has 11 rings (SSSR count). The predicted octanol–water partition coefficient (Wildman–Crippen LogP) is 12.4. The van der Waals surface area contributed by atoms with Crippen molar-refractivity contribution in [1.29, 1.82) is 0 Å². The summed E-state index contributed by atoms with van der Waals surface area (Å²) in [5, 5.41) is 3.00. The van der Waals surface area contributed by atoms with Crippen LogP contribution in [0.25, 0.3) is 83.4 Å². The molecule has 6 aromatic carbocycles. The van der Waals surface area contributed by atoms with Crippen LogP contribution in [0.2, 0.25) is 0 Å². The lowest BCUT2D eigenvalue weighted by Gasteiger charge is -2.34. The number of aromatic nitrogens is 3. The molecule has 0 saturated heterocycles. The molecule has 53 heavy (non-hydrogen) atoms. The third-order valence-electron chi connectivity index (χ3n) is 10.9. The molecular weight excluding hydrogens is 647 g/mol. The van der Waals surface area contributed by atoms with E-state index < -0.39 is 0 Å². The number of nitrogens with zero attached hydrogens (tertiary/aromatic N) is 3. The van der Waals surface area contributed by atoms with Gasteiger partial charge in [0.15, 0.2) is 5.82 Å². The van der Waals surface area contributed by atoms with Crippen LogP contribution >= 0.6 is 0 Å². The maximum atomic E-state index is 6.86. The summed E-state index contributed by atoms with van der Waals surface area (Å²) in [7, 11) is 0. The molecular formula is C49H31N3O. The summed E-state index contributed by atoms with van der Waals surface area (Å²) in [5.74, 6) is 1.11. The Kier molecular flexibility index (Phi) is 6.65. The lowest BCUT2D eigenvalue weighted by atomic mass is 9.69. The molecule has 0 radical (unpaired) electrons. The van der Waals surface area contributed by atoms with Crippen molar-refractivity contribution in [2.45, 2.75) is 11.8 Å². The highest BCUT2D eigenvalue weighted by molar-refractivity contribution is 6.21. The largest absolute Gasteiger partial charge is 0.455 e. The zero-order valence-corrected chi connectivity index (χ0v) is 28.6. The first kappa shape index (κ1) is 29.8. The molecule has 9 aromatic rings. The fourth-order valence-corrected chi connectivity index (χ4v) is 8.47. The summed E-state index contributed by atoms with van der Waals surface area (Å²) in [6.07, 6.45) is 7.08. The van der Waals surface area contributed by atoms with Crippen LogP contribution in [0.3, 0.4) is 0 Å². The molecule has 4 heteroatoms. The molecule has 0 aliphatic heterocycles. The summed E-state index contributed by atoms with van der Waals surface area (Å²) in [6.45, 7) is 0. The van der Waals surface area contributed by atoms with Gasteiger partial charge in [0.05, 0.1) is 33.4 Å². The van der Waals surface area contributed by atoms with E-state index in [0.29, 0.717) is 5.82 Å². The minimum Gasteiger partial charge on any atom is -0.455 e. The van der Waals surface area contributed by atoms with Gasteiger partial charge in [-0.25, -0.2) is 15.0 Å². The molecule has 2 aliphatic carbocycles. The first-order valence-electron chi connectivity index (χ1n) is 18.1. The molecule has 3 heterocycles. The zero-order valence-electron chi connectivity index (χ0n) is 28.6. The van der Waals surface area contributed by atoms with Gasteiger partial charge in [-0.05, 0) is 46.0 Å². The fraction of sp³-hybridized carbons (Fsp3) is 0.0408. The van der Waals surface area contributed by atoms with Crippen LogP contribution in [-0.4, -0.2) is 15.0 Å². The van der Waals surface area contributed by atoms with Crippen molar-refractivity contribution in [2.75, 3.05) is 0 Å². The van der Waals surface area contributed by atoms with Crippen molar-refractivity contribution in [3.63, 3.8) is 0 Å². The topological polar surface area (TPSA) is 51.8 Å². The van der Waals surface area contributed by atoms with E-state index in [0.717, 1.165) is 72.2 Å². The van der Waals surface area contributed by atoms with Gasteiger partial charge in [-0.1, -0.05) is 158 Å². The van der Waals surface area contributed by atoms with Gasteiger partial charge >= 0.3 is 0 Å². The van der Waals surface area contributed by atoms with Gasteiger partial charge in [-0.2, -0.15) is 0 Å². The summed E-state index contributed by atoms with van der Waals surface area (Å²) < 4.78 is 6.86. The third kappa shape index (κ3) is 4.73. The summed E-state index contributed by atoms with van der Waals surface area (Å²) >= 11 is 0. The Balaban J connectivity index is 1.15. The van der Waals surface area contributed by atoms with E-state index in [1.807, 2.05) is 42.5 Å². The lowest BCUT2D eigenvalue weighted by molar-refractivity contribution is 0.672. The molecule has 2 atom stereocenters. The minimum absolute atomic E-state index is 0.187. The SMILES string of the molecule is C1=CC2c3ccccc3-c3ccccc3C2C=C1c1nc2cccc(-c3cc(-c4ccccc4)nc(-c4ccccc4)n3)c2c2oc3ccccc3c12. The molecule has 0 spiro atoms. The quantitative estimate of drug-likeness (QED) is 0.186.